The van der Waals surface area contributed by atoms with Crippen LogP contribution in [0.25, 0.3) is 0 Å². The fourth-order valence-corrected chi connectivity index (χ4v) is 1.33. The lowest BCUT2D eigenvalue weighted by atomic mass is 9.88. The van der Waals surface area contributed by atoms with E-state index in [0.717, 1.165) is 7.11 Å². The van der Waals surface area contributed by atoms with E-state index in [0.29, 0.717) is 6.42 Å². The third kappa shape index (κ3) is 3.57. The monoisotopic (exact) mass is 218 g/mol. The topological polar surface area (TPSA) is 101 Å². The molecule has 0 saturated heterocycles. The van der Waals surface area contributed by atoms with E-state index in [-0.39, 0.29) is 6.42 Å². The molecule has 86 valence electrons. The van der Waals surface area contributed by atoms with Crippen molar-refractivity contribution >= 4 is 17.9 Å². The molecule has 0 fully saturated rings. The summed E-state index contributed by atoms with van der Waals surface area (Å²) in [7, 11) is 1.10. The molecule has 2 N–H and O–H groups in total. The Morgan fingerprint density at radius 1 is 1.20 bits per heavy atom. The molecule has 0 aromatic heterocycles. The minimum absolute atomic E-state index is 0.177. The van der Waals surface area contributed by atoms with E-state index in [1.807, 2.05) is 0 Å². The van der Waals surface area contributed by atoms with E-state index in [9.17, 15) is 14.4 Å². The number of ether oxygens (including phenoxy) is 1. The number of carbonyl (C=O) groups excluding carboxylic acids is 1. The highest BCUT2D eigenvalue weighted by Crippen LogP contribution is 2.20. The van der Waals surface area contributed by atoms with Gasteiger partial charge in [-0.15, -0.1) is 0 Å². The van der Waals surface area contributed by atoms with Gasteiger partial charge >= 0.3 is 17.9 Å². The van der Waals surface area contributed by atoms with Gasteiger partial charge in [0.15, 0.2) is 5.92 Å². The lowest BCUT2D eigenvalue weighted by Gasteiger charge is -2.17. The zero-order chi connectivity index (χ0) is 12.0. The van der Waals surface area contributed by atoms with Crippen molar-refractivity contribution in [2.45, 2.75) is 19.8 Å². The van der Waals surface area contributed by atoms with E-state index in [2.05, 4.69) is 4.74 Å². The Morgan fingerprint density at radius 2 is 1.67 bits per heavy atom. The van der Waals surface area contributed by atoms with Crippen molar-refractivity contribution in [3.8, 4) is 0 Å². The van der Waals surface area contributed by atoms with Gasteiger partial charge in [-0.1, -0.05) is 13.3 Å². The molecule has 0 spiro atoms. The van der Waals surface area contributed by atoms with E-state index in [1.165, 1.54) is 0 Å². The first-order valence-electron chi connectivity index (χ1n) is 4.49. The van der Waals surface area contributed by atoms with E-state index in [4.69, 9.17) is 10.2 Å². The first kappa shape index (κ1) is 13.4. The third-order valence-electron chi connectivity index (χ3n) is 2.04. The number of carboxylic acid groups (broad SMARTS) is 2. The molecule has 0 amide bonds. The first-order valence-corrected chi connectivity index (χ1v) is 4.49. The highest BCUT2D eigenvalue weighted by molar-refractivity contribution is 5.97. The van der Waals surface area contributed by atoms with Crippen LogP contribution in [0.15, 0.2) is 0 Å². The molecule has 6 nitrogen and oxygen atoms in total. The Bertz CT molecular complexity index is 245. The summed E-state index contributed by atoms with van der Waals surface area (Å²) < 4.78 is 4.38. The quantitative estimate of drug-likeness (QED) is 0.493. The molecule has 0 heterocycles. The maximum absolute atomic E-state index is 11.2. The number of hydrogen-bond acceptors (Lipinski definition) is 4. The minimum Gasteiger partial charge on any atom is -0.481 e. The SMILES string of the molecule is CCC[C@@H](C(=O)OC)C(C(=O)O)C(=O)O. The zero-order valence-electron chi connectivity index (χ0n) is 8.60. The molecular weight excluding hydrogens is 204 g/mol. The maximum atomic E-state index is 11.2. The van der Waals surface area contributed by atoms with Crippen molar-refractivity contribution < 1.29 is 29.3 Å². The van der Waals surface area contributed by atoms with Crippen LogP contribution in [0.2, 0.25) is 0 Å². The third-order valence-corrected chi connectivity index (χ3v) is 2.04. The Morgan fingerprint density at radius 3 is 1.93 bits per heavy atom. The van der Waals surface area contributed by atoms with Crippen LogP contribution in [-0.4, -0.2) is 35.2 Å². The average Bonchev–Trinajstić information content (AvgIpc) is 2.14. The molecule has 0 saturated carbocycles. The predicted molar refractivity (Wildman–Crippen MR) is 49.2 cm³/mol. The second-order valence-corrected chi connectivity index (χ2v) is 3.07. The summed E-state index contributed by atoms with van der Waals surface area (Å²) in [5, 5.41) is 17.4. The summed E-state index contributed by atoms with van der Waals surface area (Å²) in [6.45, 7) is 1.73. The molecule has 0 aromatic rings. The number of methoxy groups -OCH3 is 1. The van der Waals surface area contributed by atoms with Crippen LogP contribution in [0.5, 0.6) is 0 Å². The molecule has 1 atom stereocenters. The molecule has 15 heavy (non-hydrogen) atoms. The second kappa shape index (κ2) is 6.00. The summed E-state index contributed by atoms with van der Waals surface area (Å²) >= 11 is 0. The number of rotatable bonds is 6. The van der Waals surface area contributed by atoms with Gasteiger partial charge in [-0.25, -0.2) is 0 Å². The molecule has 0 bridgehead atoms. The van der Waals surface area contributed by atoms with Crippen molar-refractivity contribution in [2.24, 2.45) is 11.8 Å². The van der Waals surface area contributed by atoms with Crippen molar-refractivity contribution in [1.82, 2.24) is 0 Å². The van der Waals surface area contributed by atoms with Gasteiger partial charge in [-0.05, 0) is 6.42 Å². The standard InChI is InChI=1S/C9H14O6/c1-3-4-5(9(14)15-2)6(7(10)11)8(12)13/h5-6H,3-4H2,1-2H3,(H,10,11)(H,12,13)/t5-/m1/s1. The van der Waals surface area contributed by atoms with Gasteiger partial charge in [0.05, 0.1) is 13.0 Å². The fourth-order valence-electron chi connectivity index (χ4n) is 1.33. The molecule has 0 aliphatic rings. The number of hydrogen-bond donors (Lipinski definition) is 2. The van der Waals surface area contributed by atoms with Gasteiger partial charge in [-0.2, -0.15) is 0 Å². The van der Waals surface area contributed by atoms with Crippen LogP contribution >= 0.6 is 0 Å². The van der Waals surface area contributed by atoms with Crippen molar-refractivity contribution in [1.29, 1.82) is 0 Å². The number of carbonyl (C=O) groups is 3. The predicted octanol–water partition coefficient (Wildman–Crippen LogP) is 0.361. The highest BCUT2D eigenvalue weighted by atomic mass is 16.5. The van der Waals surface area contributed by atoms with Crippen LogP contribution < -0.4 is 0 Å². The summed E-state index contributed by atoms with van der Waals surface area (Å²) in [6, 6.07) is 0. The average molecular weight is 218 g/mol. The molecular formula is C9H14O6. The number of esters is 1. The molecule has 0 unspecified atom stereocenters. The number of aliphatic carboxylic acids is 2. The molecule has 0 aromatic carbocycles. The summed E-state index contributed by atoms with van der Waals surface area (Å²) in [5.41, 5.74) is 0. The van der Waals surface area contributed by atoms with Crippen LogP contribution in [0.3, 0.4) is 0 Å². The Kier molecular flexibility index (Phi) is 5.36. The van der Waals surface area contributed by atoms with Gasteiger partial charge in [-0.3, -0.25) is 14.4 Å². The zero-order valence-corrected chi connectivity index (χ0v) is 8.60. The van der Waals surface area contributed by atoms with Crippen LogP contribution in [0, 0.1) is 11.8 Å². The van der Waals surface area contributed by atoms with Gasteiger partial charge < -0.3 is 14.9 Å². The van der Waals surface area contributed by atoms with Crippen LogP contribution in [0.4, 0.5) is 0 Å². The summed E-state index contributed by atoms with van der Waals surface area (Å²) in [6.07, 6.45) is 0.687. The molecule has 0 radical (unpaired) electrons. The van der Waals surface area contributed by atoms with E-state index < -0.39 is 29.7 Å². The van der Waals surface area contributed by atoms with Crippen molar-refractivity contribution in [2.75, 3.05) is 7.11 Å². The molecule has 0 aliphatic carbocycles. The van der Waals surface area contributed by atoms with Crippen LogP contribution in [-0.2, 0) is 19.1 Å². The summed E-state index contributed by atoms with van der Waals surface area (Å²) in [4.78, 5) is 32.6. The Labute approximate surface area is 86.8 Å². The second-order valence-electron chi connectivity index (χ2n) is 3.07. The van der Waals surface area contributed by atoms with Gasteiger partial charge in [0.1, 0.15) is 0 Å². The molecule has 0 aliphatic heterocycles. The van der Waals surface area contributed by atoms with E-state index in [1.54, 1.807) is 6.92 Å². The minimum atomic E-state index is -1.74. The smallest absolute Gasteiger partial charge is 0.318 e. The molecule has 0 rings (SSSR count). The highest BCUT2D eigenvalue weighted by Gasteiger charge is 2.39. The first-order chi connectivity index (χ1) is 6.95. The summed E-state index contributed by atoms with van der Waals surface area (Å²) in [5.74, 6) is -6.71. The van der Waals surface area contributed by atoms with Crippen molar-refractivity contribution in [3.05, 3.63) is 0 Å². The largest absolute Gasteiger partial charge is 0.481 e. The van der Waals surface area contributed by atoms with Gasteiger partial charge in [0.2, 0.25) is 0 Å². The normalized spacial score (nSPS) is 12.2. The van der Waals surface area contributed by atoms with Gasteiger partial charge in [0, 0.05) is 0 Å². The van der Waals surface area contributed by atoms with Gasteiger partial charge in [0.25, 0.3) is 0 Å². The van der Waals surface area contributed by atoms with Crippen molar-refractivity contribution in [3.63, 3.8) is 0 Å². The number of carboxylic acids is 2. The lowest BCUT2D eigenvalue weighted by Crippen LogP contribution is -2.36. The van der Waals surface area contributed by atoms with E-state index >= 15 is 0 Å². The van der Waals surface area contributed by atoms with Crippen LogP contribution in [0.1, 0.15) is 19.8 Å². The molecule has 6 heteroatoms. The maximum Gasteiger partial charge on any atom is 0.318 e. The Balaban J connectivity index is 4.91. The Hall–Kier alpha value is -1.59. The fraction of sp³-hybridized carbons (Fsp3) is 0.667. The lowest BCUT2D eigenvalue weighted by molar-refractivity contribution is -0.165.